The molecule has 108 valence electrons. The second kappa shape index (κ2) is 5.74. The van der Waals surface area contributed by atoms with Crippen molar-refractivity contribution in [3.8, 4) is 0 Å². The van der Waals surface area contributed by atoms with Crippen LogP contribution in [0, 0.1) is 5.92 Å². The van der Waals surface area contributed by atoms with E-state index in [-0.39, 0.29) is 6.04 Å². The van der Waals surface area contributed by atoms with Gasteiger partial charge in [0.2, 0.25) is 0 Å². The van der Waals surface area contributed by atoms with Crippen molar-refractivity contribution in [3.63, 3.8) is 0 Å². The van der Waals surface area contributed by atoms with Gasteiger partial charge in [-0.3, -0.25) is 0 Å². The van der Waals surface area contributed by atoms with Gasteiger partial charge in [-0.1, -0.05) is 56.3 Å². The highest BCUT2D eigenvalue weighted by Gasteiger charge is 2.14. The summed E-state index contributed by atoms with van der Waals surface area (Å²) < 4.78 is 5.85. The molecule has 2 nitrogen and oxygen atoms in total. The van der Waals surface area contributed by atoms with Crippen molar-refractivity contribution < 1.29 is 4.42 Å². The van der Waals surface area contributed by atoms with Gasteiger partial charge in [0.05, 0.1) is 6.04 Å². The van der Waals surface area contributed by atoms with E-state index in [0.717, 1.165) is 28.7 Å². The van der Waals surface area contributed by atoms with Crippen LogP contribution < -0.4 is 5.73 Å². The summed E-state index contributed by atoms with van der Waals surface area (Å²) in [5.74, 6) is 1.48. The lowest BCUT2D eigenvalue weighted by molar-refractivity contribution is 0.525. The van der Waals surface area contributed by atoms with Crippen LogP contribution in [0.5, 0.6) is 0 Å². The summed E-state index contributed by atoms with van der Waals surface area (Å²) in [7, 11) is 0. The molecular formula is C19H21NO. The van der Waals surface area contributed by atoms with Crippen LogP contribution in [0.1, 0.15) is 36.8 Å². The monoisotopic (exact) mass is 279 g/mol. The van der Waals surface area contributed by atoms with Crippen molar-refractivity contribution in [3.05, 3.63) is 71.5 Å². The summed E-state index contributed by atoms with van der Waals surface area (Å²) in [6.45, 7) is 4.46. The molecular weight excluding hydrogens is 258 g/mol. The first-order valence-electron chi connectivity index (χ1n) is 7.46. The van der Waals surface area contributed by atoms with Crippen LogP contribution >= 0.6 is 0 Å². The molecule has 0 aliphatic rings. The highest BCUT2D eigenvalue weighted by Crippen LogP contribution is 2.27. The summed E-state index contributed by atoms with van der Waals surface area (Å²) in [4.78, 5) is 0. The van der Waals surface area contributed by atoms with Gasteiger partial charge in [-0.05, 0) is 35.6 Å². The topological polar surface area (TPSA) is 39.2 Å². The van der Waals surface area contributed by atoms with E-state index in [1.807, 2.05) is 30.3 Å². The molecule has 1 unspecified atom stereocenters. The number of furan rings is 1. The predicted octanol–water partition coefficient (Wildman–Crippen LogP) is 4.68. The molecule has 1 heterocycles. The van der Waals surface area contributed by atoms with Crippen LogP contribution in [0.25, 0.3) is 11.0 Å². The number of nitrogens with two attached hydrogens (primary N) is 1. The quantitative estimate of drug-likeness (QED) is 0.753. The number of benzene rings is 2. The summed E-state index contributed by atoms with van der Waals surface area (Å²) in [6.07, 6.45) is 1.10. The van der Waals surface area contributed by atoms with Gasteiger partial charge in [-0.15, -0.1) is 0 Å². The van der Waals surface area contributed by atoms with Crippen molar-refractivity contribution >= 4 is 11.0 Å². The van der Waals surface area contributed by atoms with E-state index in [1.165, 1.54) is 5.56 Å². The normalized spacial score (nSPS) is 13.0. The van der Waals surface area contributed by atoms with E-state index in [4.69, 9.17) is 10.2 Å². The maximum Gasteiger partial charge on any atom is 0.134 e. The van der Waals surface area contributed by atoms with Gasteiger partial charge in [0.25, 0.3) is 0 Å². The Labute approximate surface area is 125 Å². The fraction of sp³-hybridized carbons (Fsp3) is 0.263. The highest BCUT2D eigenvalue weighted by atomic mass is 16.3. The van der Waals surface area contributed by atoms with Crippen LogP contribution in [0.15, 0.2) is 59.0 Å². The van der Waals surface area contributed by atoms with Crippen LogP contribution in [0.4, 0.5) is 0 Å². The Balaban J connectivity index is 1.85. The Bertz CT molecular complexity index is 692. The SMILES string of the molecule is CC(C)Cc1ccc(C(N)c2cc3ccccc3o2)cc1. The third-order valence-electron chi connectivity index (χ3n) is 3.73. The summed E-state index contributed by atoms with van der Waals surface area (Å²) in [6, 6.07) is 18.3. The van der Waals surface area contributed by atoms with Crippen molar-refractivity contribution in [1.82, 2.24) is 0 Å². The minimum absolute atomic E-state index is 0.217. The lowest BCUT2D eigenvalue weighted by atomic mass is 9.99. The van der Waals surface area contributed by atoms with Crippen LogP contribution in [0.2, 0.25) is 0 Å². The Morgan fingerprint density at radius 1 is 1.00 bits per heavy atom. The van der Waals surface area contributed by atoms with E-state index in [9.17, 15) is 0 Å². The second-order valence-corrected chi connectivity index (χ2v) is 6.00. The zero-order valence-electron chi connectivity index (χ0n) is 12.5. The lowest BCUT2D eigenvalue weighted by Gasteiger charge is -2.11. The Morgan fingerprint density at radius 2 is 1.71 bits per heavy atom. The molecule has 2 heteroatoms. The van der Waals surface area contributed by atoms with Gasteiger partial charge in [0, 0.05) is 5.39 Å². The molecule has 0 spiro atoms. The third kappa shape index (κ3) is 3.01. The number of hydrogen-bond donors (Lipinski definition) is 1. The molecule has 0 saturated heterocycles. The number of rotatable bonds is 4. The molecule has 3 rings (SSSR count). The van der Waals surface area contributed by atoms with Gasteiger partial charge in [0.1, 0.15) is 11.3 Å². The molecule has 0 amide bonds. The molecule has 0 aliphatic heterocycles. The Morgan fingerprint density at radius 3 is 2.38 bits per heavy atom. The van der Waals surface area contributed by atoms with E-state index < -0.39 is 0 Å². The maximum absolute atomic E-state index is 6.34. The summed E-state index contributed by atoms with van der Waals surface area (Å²) >= 11 is 0. The smallest absolute Gasteiger partial charge is 0.134 e. The molecule has 0 bridgehead atoms. The molecule has 1 aromatic heterocycles. The molecule has 0 radical (unpaired) electrons. The molecule has 0 fully saturated rings. The van der Waals surface area contributed by atoms with Crippen LogP contribution in [-0.2, 0) is 6.42 Å². The Kier molecular flexibility index (Phi) is 3.80. The van der Waals surface area contributed by atoms with E-state index in [1.54, 1.807) is 0 Å². The van der Waals surface area contributed by atoms with E-state index in [0.29, 0.717) is 5.92 Å². The van der Waals surface area contributed by atoms with E-state index in [2.05, 4.69) is 38.1 Å². The molecule has 2 aromatic carbocycles. The fourth-order valence-electron chi connectivity index (χ4n) is 2.65. The largest absolute Gasteiger partial charge is 0.459 e. The van der Waals surface area contributed by atoms with Gasteiger partial charge in [-0.25, -0.2) is 0 Å². The zero-order chi connectivity index (χ0) is 14.8. The standard InChI is InChI=1S/C19H21NO/c1-13(2)11-14-7-9-15(10-8-14)19(20)18-12-16-5-3-4-6-17(16)21-18/h3-10,12-13,19H,11,20H2,1-2H3. The fourth-order valence-corrected chi connectivity index (χ4v) is 2.65. The average Bonchev–Trinajstić information content (AvgIpc) is 2.90. The van der Waals surface area contributed by atoms with Crippen molar-refractivity contribution in [1.29, 1.82) is 0 Å². The molecule has 0 aliphatic carbocycles. The molecule has 0 saturated carbocycles. The summed E-state index contributed by atoms with van der Waals surface area (Å²) in [5.41, 5.74) is 9.66. The third-order valence-corrected chi connectivity index (χ3v) is 3.73. The lowest BCUT2D eigenvalue weighted by Crippen LogP contribution is -2.10. The van der Waals surface area contributed by atoms with Crippen LogP contribution in [0.3, 0.4) is 0 Å². The van der Waals surface area contributed by atoms with Gasteiger partial charge >= 0.3 is 0 Å². The first kappa shape index (κ1) is 13.9. The molecule has 21 heavy (non-hydrogen) atoms. The highest BCUT2D eigenvalue weighted by molar-refractivity contribution is 5.77. The maximum atomic E-state index is 6.34. The summed E-state index contributed by atoms with van der Waals surface area (Å²) in [5, 5.41) is 1.10. The molecule has 3 aromatic rings. The second-order valence-electron chi connectivity index (χ2n) is 6.00. The number of hydrogen-bond acceptors (Lipinski definition) is 2. The molecule has 2 N–H and O–H groups in total. The minimum atomic E-state index is -0.217. The first-order chi connectivity index (χ1) is 10.1. The van der Waals surface area contributed by atoms with Crippen LogP contribution in [-0.4, -0.2) is 0 Å². The van der Waals surface area contributed by atoms with Crippen molar-refractivity contribution in [2.75, 3.05) is 0 Å². The number of fused-ring (bicyclic) bond motifs is 1. The van der Waals surface area contributed by atoms with Crippen molar-refractivity contribution in [2.24, 2.45) is 11.7 Å². The van der Waals surface area contributed by atoms with Gasteiger partial charge in [0.15, 0.2) is 0 Å². The van der Waals surface area contributed by atoms with Gasteiger partial charge in [-0.2, -0.15) is 0 Å². The Hall–Kier alpha value is -2.06. The van der Waals surface area contributed by atoms with E-state index >= 15 is 0 Å². The minimum Gasteiger partial charge on any atom is -0.459 e. The zero-order valence-corrected chi connectivity index (χ0v) is 12.5. The van der Waals surface area contributed by atoms with Crippen molar-refractivity contribution in [2.45, 2.75) is 26.3 Å². The van der Waals surface area contributed by atoms with Gasteiger partial charge < -0.3 is 10.2 Å². The predicted molar refractivity (Wildman–Crippen MR) is 87.2 cm³/mol. The average molecular weight is 279 g/mol. The molecule has 1 atom stereocenters. The first-order valence-corrected chi connectivity index (χ1v) is 7.46. The number of para-hydroxylation sites is 1.